The van der Waals surface area contributed by atoms with Crippen LogP contribution in [0.1, 0.15) is 25.5 Å². The summed E-state index contributed by atoms with van der Waals surface area (Å²) in [4.78, 5) is 35.1. The van der Waals surface area contributed by atoms with Crippen LogP contribution in [-0.4, -0.2) is 37.8 Å². The van der Waals surface area contributed by atoms with Crippen molar-refractivity contribution in [1.82, 2.24) is 10.6 Å². The number of aliphatic carboxylic acids is 1. The average Bonchev–Trinajstić information content (AvgIpc) is 2.61. The molecule has 2 amide bonds. The van der Waals surface area contributed by atoms with E-state index < -0.39 is 36.0 Å². The highest BCUT2D eigenvalue weighted by atomic mass is 16.5. The number of amides is 2. The molecule has 9 nitrogen and oxygen atoms in total. The monoisotopic (exact) mass is 377 g/mol. The maximum Gasteiger partial charge on any atom is 0.319 e. The van der Waals surface area contributed by atoms with Gasteiger partial charge in [0, 0.05) is 5.70 Å². The van der Waals surface area contributed by atoms with Gasteiger partial charge in [0.25, 0.3) is 0 Å². The van der Waals surface area contributed by atoms with Crippen LogP contribution in [0.5, 0.6) is 11.5 Å². The van der Waals surface area contributed by atoms with Crippen molar-refractivity contribution in [3.05, 3.63) is 36.0 Å². The van der Waals surface area contributed by atoms with Crippen molar-refractivity contribution >= 4 is 18.0 Å². The molecular weight excluding hydrogens is 356 g/mol. The van der Waals surface area contributed by atoms with Crippen molar-refractivity contribution in [1.29, 1.82) is 0 Å². The molecule has 1 aromatic rings. The van der Waals surface area contributed by atoms with Gasteiger partial charge in [0.05, 0.1) is 25.7 Å². The zero-order valence-electron chi connectivity index (χ0n) is 15.2. The first-order chi connectivity index (χ1) is 12.8. The second-order valence-electron chi connectivity index (χ2n) is 5.82. The number of hydrogen-bond acceptors (Lipinski definition) is 7. The first kappa shape index (κ1) is 20.1. The number of carboxylic acid groups (broad SMARTS) is 1. The van der Waals surface area contributed by atoms with Crippen LogP contribution in [0.15, 0.2) is 30.5 Å². The summed E-state index contributed by atoms with van der Waals surface area (Å²) < 4.78 is 15.6. The average molecular weight is 377 g/mol. The Morgan fingerprint density at radius 2 is 2.04 bits per heavy atom. The minimum atomic E-state index is -1.37. The predicted octanol–water partition coefficient (Wildman–Crippen LogP) is 0.259. The number of carboxylic acids is 1. The second kappa shape index (κ2) is 8.43. The summed E-state index contributed by atoms with van der Waals surface area (Å²) in [5.74, 6) is -2.33. The molecule has 0 saturated carbocycles. The number of carbonyl (C=O) groups is 3. The van der Waals surface area contributed by atoms with Gasteiger partial charge in [-0.2, -0.15) is 0 Å². The normalized spacial score (nSPS) is 20.1. The molecule has 1 saturated heterocycles. The van der Waals surface area contributed by atoms with Crippen LogP contribution in [0.2, 0.25) is 0 Å². The summed E-state index contributed by atoms with van der Waals surface area (Å²) in [6.07, 6.45) is -1.18. The summed E-state index contributed by atoms with van der Waals surface area (Å²) >= 11 is 0. The van der Waals surface area contributed by atoms with Crippen LogP contribution < -0.4 is 25.2 Å². The number of nitrogens with one attached hydrogen (secondary N) is 2. The van der Waals surface area contributed by atoms with Crippen LogP contribution in [0, 0.1) is 5.92 Å². The fraction of sp³-hybridized carbons (Fsp3) is 0.389. The van der Waals surface area contributed by atoms with Gasteiger partial charge in [-0.15, -0.1) is 0 Å². The van der Waals surface area contributed by atoms with Gasteiger partial charge in [-0.3, -0.25) is 4.79 Å². The van der Waals surface area contributed by atoms with E-state index >= 15 is 0 Å². The fourth-order valence-corrected chi connectivity index (χ4v) is 2.69. The number of benzene rings is 1. The minimum absolute atomic E-state index is 0.181. The predicted molar refractivity (Wildman–Crippen MR) is 91.8 cm³/mol. The van der Waals surface area contributed by atoms with Crippen molar-refractivity contribution in [2.45, 2.75) is 26.0 Å². The lowest BCUT2D eigenvalue weighted by Gasteiger charge is -2.33. The van der Waals surface area contributed by atoms with Crippen LogP contribution >= 0.6 is 0 Å². The van der Waals surface area contributed by atoms with E-state index in [1.807, 2.05) is 0 Å². The summed E-state index contributed by atoms with van der Waals surface area (Å²) in [7, 11) is 1.39. The number of carbonyl (C=O) groups excluding carboxylic acids is 3. The van der Waals surface area contributed by atoms with Crippen molar-refractivity contribution in [2.24, 2.45) is 5.92 Å². The number of hydrogen-bond donors (Lipinski definition) is 2. The van der Waals surface area contributed by atoms with E-state index in [9.17, 15) is 19.5 Å². The molecule has 0 unspecified atom stereocenters. The Morgan fingerprint density at radius 3 is 2.63 bits per heavy atom. The molecule has 1 aromatic carbocycles. The van der Waals surface area contributed by atoms with Gasteiger partial charge < -0.3 is 34.7 Å². The first-order valence-electron chi connectivity index (χ1n) is 8.26. The highest BCUT2D eigenvalue weighted by Gasteiger charge is 2.39. The van der Waals surface area contributed by atoms with E-state index in [0.717, 1.165) is 0 Å². The second-order valence-corrected chi connectivity index (χ2v) is 5.82. The molecule has 3 atom stereocenters. The molecule has 1 heterocycles. The van der Waals surface area contributed by atoms with Crippen LogP contribution in [0.3, 0.4) is 0 Å². The van der Waals surface area contributed by atoms with E-state index in [-0.39, 0.29) is 23.8 Å². The lowest BCUT2D eigenvalue weighted by Crippen LogP contribution is -2.51. The van der Waals surface area contributed by atoms with E-state index in [1.54, 1.807) is 19.1 Å². The van der Waals surface area contributed by atoms with Crippen LogP contribution in [0.4, 0.5) is 4.79 Å². The maximum absolute atomic E-state index is 12.3. The molecule has 2 N–H and O–H groups in total. The fourth-order valence-electron chi connectivity index (χ4n) is 2.69. The molecule has 1 aliphatic rings. The van der Waals surface area contributed by atoms with Crippen molar-refractivity contribution < 1.29 is 33.7 Å². The SMILES string of the molecule is C=C1NC(=O)N[C@H](c2ccc(O[C@@H](C)C(=O)[O-])c(OC)c2)[C@H]1C(=O)OCC. The van der Waals surface area contributed by atoms with Gasteiger partial charge in [0.2, 0.25) is 0 Å². The van der Waals surface area contributed by atoms with Crippen molar-refractivity contribution in [3.8, 4) is 11.5 Å². The van der Waals surface area contributed by atoms with E-state index in [2.05, 4.69) is 17.2 Å². The zero-order chi connectivity index (χ0) is 20.1. The smallest absolute Gasteiger partial charge is 0.319 e. The van der Waals surface area contributed by atoms with Crippen LogP contribution in [-0.2, 0) is 14.3 Å². The van der Waals surface area contributed by atoms with Crippen molar-refractivity contribution in [3.63, 3.8) is 0 Å². The molecule has 1 fully saturated rings. The van der Waals surface area contributed by atoms with Gasteiger partial charge in [-0.05, 0) is 31.5 Å². The zero-order valence-corrected chi connectivity index (χ0v) is 15.2. The molecule has 146 valence electrons. The molecular formula is C18H21N2O7-. The molecule has 0 radical (unpaired) electrons. The Balaban J connectivity index is 2.38. The van der Waals surface area contributed by atoms with Crippen LogP contribution in [0.25, 0.3) is 0 Å². The lowest BCUT2D eigenvalue weighted by atomic mass is 9.89. The maximum atomic E-state index is 12.3. The quantitative estimate of drug-likeness (QED) is 0.653. The third-order valence-electron chi connectivity index (χ3n) is 3.99. The summed E-state index contributed by atoms with van der Waals surface area (Å²) in [5, 5.41) is 16.0. The van der Waals surface area contributed by atoms with Gasteiger partial charge >= 0.3 is 12.0 Å². The lowest BCUT2D eigenvalue weighted by molar-refractivity contribution is -0.312. The van der Waals surface area contributed by atoms with Gasteiger partial charge in [-0.25, -0.2) is 4.79 Å². The third-order valence-corrected chi connectivity index (χ3v) is 3.99. The van der Waals surface area contributed by atoms with Crippen molar-refractivity contribution in [2.75, 3.05) is 13.7 Å². The Kier molecular flexibility index (Phi) is 6.27. The van der Waals surface area contributed by atoms with E-state index in [0.29, 0.717) is 5.56 Å². The van der Waals surface area contributed by atoms with Gasteiger partial charge in [0.15, 0.2) is 11.5 Å². The largest absolute Gasteiger partial charge is 0.546 e. The number of urea groups is 1. The summed E-state index contributed by atoms with van der Waals surface area (Å²) in [6, 6.07) is 3.39. The van der Waals surface area contributed by atoms with Gasteiger partial charge in [-0.1, -0.05) is 12.6 Å². The Bertz CT molecular complexity index is 762. The molecule has 1 aliphatic heterocycles. The Labute approximate surface area is 156 Å². The van der Waals surface area contributed by atoms with E-state index in [1.165, 1.54) is 20.1 Å². The van der Waals surface area contributed by atoms with Gasteiger partial charge in [0.1, 0.15) is 12.0 Å². The Hall–Kier alpha value is -3.23. The first-order valence-corrected chi connectivity index (χ1v) is 8.26. The molecule has 27 heavy (non-hydrogen) atoms. The summed E-state index contributed by atoms with van der Waals surface area (Å²) in [6.45, 7) is 6.93. The molecule has 0 aliphatic carbocycles. The summed E-state index contributed by atoms with van der Waals surface area (Å²) in [5.41, 5.74) is 0.751. The number of methoxy groups -OCH3 is 1. The van der Waals surface area contributed by atoms with E-state index in [4.69, 9.17) is 14.2 Å². The highest BCUT2D eigenvalue weighted by molar-refractivity contribution is 5.85. The molecule has 0 aromatic heterocycles. The third kappa shape index (κ3) is 4.49. The molecule has 9 heteroatoms. The number of ether oxygens (including phenoxy) is 3. The molecule has 0 spiro atoms. The number of esters is 1. The highest BCUT2D eigenvalue weighted by Crippen LogP contribution is 2.36. The topological polar surface area (TPSA) is 126 Å². The molecule has 0 bridgehead atoms. The standard InChI is InChI=1S/C18H22N2O7/c1-5-26-17(23)14-9(2)19-18(24)20-15(14)11-6-7-12(13(8-11)25-4)27-10(3)16(21)22/h6-8,10,14-15H,2,5H2,1,3-4H3,(H,21,22)(H2,19,20,24)/p-1/t10-,14-,15+/m0/s1. The minimum Gasteiger partial charge on any atom is -0.546 e. The number of rotatable bonds is 7. The molecule has 2 rings (SSSR count). The Morgan fingerprint density at radius 1 is 1.33 bits per heavy atom.